The Morgan fingerprint density at radius 1 is 0.727 bits per heavy atom. The first-order chi connectivity index (χ1) is 1.73. The van der Waals surface area contributed by atoms with Crippen LogP contribution in [0.1, 0.15) is 0 Å². The van der Waals surface area contributed by atoms with Gasteiger partial charge in [0.25, 0.3) is 0 Å². The van der Waals surface area contributed by atoms with Gasteiger partial charge in [-0.3, -0.25) is 0 Å². The second kappa shape index (κ2) is 89.6. The molecule has 0 aromatic carbocycles. The third kappa shape index (κ3) is 4500000. The minimum absolute atomic E-state index is 0. The Kier molecular flexibility index (Phi) is 991. The second-order valence-corrected chi connectivity index (χ2v) is 0.224. The monoisotopic (exact) mass is 408 g/mol. The third-order valence-corrected chi connectivity index (χ3v) is 0. The van der Waals surface area contributed by atoms with Gasteiger partial charge in [0.05, 0.1) is 5.09 Å². The Hall–Kier alpha value is 0.0119. The summed E-state index contributed by atoms with van der Waals surface area (Å²) < 4.78 is 0. The van der Waals surface area contributed by atoms with E-state index in [9.17, 15) is 0 Å². The van der Waals surface area contributed by atoms with E-state index in [4.69, 9.17) is 15.3 Å². The molecule has 0 fully saturated rings. The molecule has 76 valence electrons. The smallest absolute Gasteiger partial charge is 0.0689 e. The molecule has 0 radical (unpaired) electrons. The molecule has 0 aliphatic rings. The molecule has 11 heavy (non-hydrogen) atoms. The van der Waals surface area contributed by atoms with Crippen LogP contribution in [0.5, 0.6) is 0 Å². The maximum atomic E-state index is 8.25. The first-order valence-electron chi connectivity index (χ1n) is 0.548. The summed E-state index contributed by atoms with van der Waals surface area (Å²) in [5.41, 5.74) is 0. The number of nitrogens with zero attached hydrogens (tertiary/aromatic N) is 1. The summed E-state index contributed by atoms with van der Waals surface area (Å²) in [6.45, 7) is 0. The molecule has 11 heteroatoms. The molecule has 0 amide bonds. The molecule has 12 N–H and O–H groups in total. The topological polar surface area (TPSA) is 255 Å². The molecule has 0 aliphatic heterocycles. The van der Waals surface area contributed by atoms with Crippen molar-refractivity contribution in [3.05, 3.63) is 15.3 Å². The van der Waals surface area contributed by atoms with Crippen molar-refractivity contribution < 1.29 is 69.1 Å². The van der Waals surface area contributed by atoms with Crippen LogP contribution < -0.4 is 0 Å². The average molecular weight is 408 g/mol. The largest absolute Gasteiger partial charge is 0.412 e. The molecular formula is H12NO9U-. The Labute approximate surface area is 84.5 Å². The van der Waals surface area contributed by atoms with Gasteiger partial charge >= 0.3 is 0 Å². The SMILES string of the molecule is O.O.O.O.O.O.O=[N+]([O-])[O-].[U]. The number of hydrogen-bond donors (Lipinski definition) is 0. The summed E-state index contributed by atoms with van der Waals surface area (Å²) >= 11 is 0. The standard InChI is InChI=1S/NO3.6H2O.U/c2-1(3)4;;;;;;;/h;6*1H2;/q-1;;;;;;;. The molecule has 0 unspecified atom stereocenters. The number of hydrogen-bond acceptors (Lipinski definition) is 3. The molecule has 0 spiro atoms. The van der Waals surface area contributed by atoms with E-state index in [2.05, 4.69) is 0 Å². The van der Waals surface area contributed by atoms with Gasteiger partial charge in [-0.15, -0.1) is 0 Å². The molecule has 0 saturated carbocycles. The summed E-state index contributed by atoms with van der Waals surface area (Å²) in [7, 11) is 0. The van der Waals surface area contributed by atoms with E-state index in [1.54, 1.807) is 0 Å². The maximum absolute atomic E-state index is 8.25. The van der Waals surface area contributed by atoms with Gasteiger partial charge in [-0.2, -0.15) is 0 Å². The van der Waals surface area contributed by atoms with Crippen LogP contribution in [-0.2, 0) is 0 Å². The van der Waals surface area contributed by atoms with Crippen molar-refractivity contribution in [1.29, 1.82) is 0 Å². The van der Waals surface area contributed by atoms with Gasteiger partial charge in [-0.1, -0.05) is 0 Å². The van der Waals surface area contributed by atoms with Gasteiger partial charge in [0, 0.05) is 31.1 Å². The van der Waals surface area contributed by atoms with E-state index in [1.165, 1.54) is 0 Å². The molecule has 10 nitrogen and oxygen atoms in total. The fourth-order valence-corrected chi connectivity index (χ4v) is 0. The van der Waals surface area contributed by atoms with Gasteiger partial charge in [0.1, 0.15) is 0 Å². The van der Waals surface area contributed by atoms with Crippen LogP contribution in [0.4, 0.5) is 0 Å². The zero-order chi connectivity index (χ0) is 3.58. The Bertz CT molecular complexity index is 32.5. The maximum Gasteiger partial charge on any atom is 0.0689 e. The van der Waals surface area contributed by atoms with Crippen molar-refractivity contribution in [2.75, 3.05) is 0 Å². The molecule has 0 aliphatic carbocycles. The minimum Gasteiger partial charge on any atom is -0.412 e. The van der Waals surface area contributed by atoms with Crippen molar-refractivity contribution in [2.45, 2.75) is 0 Å². The summed E-state index contributed by atoms with van der Waals surface area (Å²) in [5.74, 6) is 0. The molecule has 0 rings (SSSR count). The van der Waals surface area contributed by atoms with E-state index in [0.29, 0.717) is 0 Å². The third-order valence-electron chi connectivity index (χ3n) is 0. The van der Waals surface area contributed by atoms with E-state index in [-0.39, 0.29) is 64.0 Å². The van der Waals surface area contributed by atoms with Crippen LogP contribution in [0, 0.1) is 46.4 Å². The molecule has 0 heterocycles. The van der Waals surface area contributed by atoms with E-state index >= 15 is 0 Å². The van der Waals surface area contributed by atoms with Crippen LogP contribution in [0.25, 0.3) is 0 Å². The van der Waals surface area contributed by atoms with Gasteiger partial charge in [0.15, 0.2) is 0 Å². The molecular weight excluding hydrogens is 396 g/mol. The predicted octanol–water partition coefficient (Wildman–Crippen LogP) is -5.19. The van der Waals surface area contributed by atoms with Gasteiger partial charge in [-0.05, 0) is 0 Å². The molecule has 0 saturated heterocycles. The normalized spacial score (nSPS) is 2.18. The van der Waals surface area contributed by atoms with E-state index < -0.39 is 5.09 Å². The summed E-state index contributed by atoms with van der Waals surface area (Å²) in [6, 6.07) is 0. The van der Waals surface area contributed by atoms with Gasteiger partial charge in [0.2, 0.25) is 0 Å². The van der Waals surface area contributed by atoms with Crippen molar-refractivity contribution in [3.8, 4) is 0 Å². The zero-order valence-electron chi connectivity index (χ0n) is 5.17. The molecule has 0 aromatic rings. The fraction of sp³-hybridized carbons (Fsp3) is 0. The van der Waals surface area contributed by atoms with E-state index in [1.807, 2.05) is 0 Å². The Balaban J connectivity index is -0.00000000214. The first kappa shape index (κ1) is 122. The molecule has 0 aromatic heterocycles. The van der Waals surface area contributed by atoms with Crippen LogP contribution in [0.2, 0.25) is 0 Å². The second-order valence-electron chi connectivity index (χ2n) is 0.224. The van der Waals surface area contributed by atoms with Crippen LogP contribution in [0.15, 0.2) is 0 Å². The van der Waals surface area contributed by atoms with Crippen molar-refractivity contribution in [1.82, 2.24) is 0 Å². The first-order valence-corrected chi connectivity index (χ1v) is 0.548. The summed E-state index contributed by atoms with van der Waals surface area (Å²) in [5, 5.41) is 14.8. The summed E-state index contributed by atoms with van der Waals surface area (Å²) in [4.78, 5) is 8.25. The van der Waals surface area contributed by atoms with Crippen molar-refractivity contribution >= 4 is 0 Å². The summed E-state index contributed by atoms with van der Waals surface area (Å²) in [6.07, 6.45) is 0. The predicted molar refractivity (Wildman–Crippen MR) is 32.0 cm³/mol. The van der Waals surface area contributed by atoms with Crippen molar-refractivity contribution in [2.24, 2.45) is 0 Å². The van der Waals surface area contributed by atoms with E-state index in [0.717, 1.165) is 0 Å². The van der Waals surface area contributed by atoms with Crippen LogP contribution in [0.3, 0.4) is 0 Å². The Morgan fingerprint density at radius 2 is 0.727 bits per heavy atom. The fourth-order valence-electron chi connectivity index (χ4n) is 0. The zero-order valence-corrected chi connectivity index (χ0v) is 9.34. The Morgan fingerprint density at radius 3 is 0.727 bits per heavy atom. The van der Waals surface area contributed by atoms with Gasteiger partial charge in [-0.25, -0.2) is 0 Å². The molecule has 0 atom stereocenters. The number of rotatable bonds is 0. The average Bonchev–Trinajstić information content (AvgIpc) is 0.811. The van der Waals surface area contributed by atoms with Crippen molar-refractivity contribution in [3.63, 3.8) is 0 Å². The quantitative estimate of drug-likeness (QED) is 0.281. The van der Waals surface area contributed by atoms with Gasteiger partial charge < -0.3 is 48.2 Å². The molecule has 0 bridgehead atoms. The van der Waals surface area contributed by atoms with Crippen LogP contribution in [-0.4, -0.2) is 37.9 Å². The van der Waals surface area contributed by atoms with Crippen LogP contribution >= 0.6 is 0 Å². The minimum atomic E-state index is -1.75.